The molecule has 0 fully saturated rings. The van der Waals surface area contributed by atoms with Gasteiger partial charge in [-0.15, -0.1) is 0 Å². The topological polar surface area (TPSA) is 62.6 Å². The Morgan fingerprint density at radius 1 is 1.39 bits per heavy atom. The minimum Gasteiger partial charge on any atom is -0.459 e. The Labute approximate surface area is 133 Å². The maximum absolute atomic E-state index is 13.3. The van der Waals surface area contributed by atoms with Crippen molar-refractivity contribution in [3.63, 3.8) is 0 Å². The zero-order chi connectivity index (χ0) is 16.4. The second-order valence-electron chi connectivity index (χ2n) is 5.52. The first-order valence-corrected chi connectivity index (χ1v) is 7.46. The van der Waals surface area contributed by atoms with Crippen molar-refractivity contribution in [2.24, 2.45) is 0 Å². The number of carbonyl (C=O) groups excluding carboxylic acids is 2. The fraction of sp³-hybridized carbons (Fsp3) is 0.294. The Bertz CT molecular complexity index is 727. The molecular formula is C17H17FN2O3. The van der Waals surface area contributed by atoms with Gasteiger partial charge < -0.3 is 14.6 Å². The third-order valence-electron chi connectivity index (χ3n) is 4.11. The van der Waals surface area contributed by atoms with E-state index >= 15 is 0 Å². The van der Waals surface area contributed by atoms with Gasteiger partial charge in [-0.3, -0.25) is 9.59 Å². The second-order valence-corrected chi connectivity index (χ2v) is 5.52. The zero-order valence-electron chi connectivity index (χ0n) is 12.7. The highest BCUT2D eigenvalue weighted by Crippen LogP contribution is 2.29. The molecule has 120 valence electrons. The van der Waals surface area contributed by atoms with E-state index in [-0.39, 0.29) is 30.1 Å². The molecule has 0 spiro atoms. The van der Waals surface area contributed by atoms with E-state index in [0.29, 0.717) is 13.0 Å². The van der Waals surface area contributed by atoms with Crippen molar-refractivity contribution in [1.82, 2.24) is 10.2 Å². The molecule has 1 aromatic carbocycles. The summed E-state index contributed by atoms with van der Waals surface area (Å²) in [6.45, 7) is 2.32. The normalized spacial score (nSPS) is 16.8. The van der Waals surface area contributed by atoms with E-state index in [1.165, 1.54) is 24.5 Å². The van der Waals surface area contributed by atoms with Gasteiger partial charge in [0.15, 0.2) is 5.76 Å². The predicted molar refractivity (Wildman–Crippen MR) is 81.3 cm³/mol. The first-order valence-electron chi connectivity index (χ1n) is 7.46. The van der Waals surface area contributed by atoms with Gasteiger partial charge >= 0.3 is 0 Å². The molecule has 2 aromatic rings. The molecule has 0 unspecified atom stereocenters. The van der Waals surface area contributed by atoms with Gasteiger partial charge in [0.1, 0.15) is 5.82 Å². The molecule has 1 N–H and O–H groups in total. The first kappa shape index (κ1) is 15.3. The Balaban J connectivity index is 1.64. The van der Waals surface area contributed by atoms with Crippen LogP contribution in [0.15, 0.2) is 41.0 Å². The summed E-state index contributed by atoms with van der Waals surface area (Å²) < 4.78 is 18.3. The molecule has 1 aromatic heterocycles. The monoisotopic (exact) mass is 316 g/mol. The molecule has 23 heavy (non-hydrogen) atoms. The van der Waals surface area contributed by atoms with Crippen LogP contribution < -0.4 is 5.32 Å². The van der Waals surface area contributed by atoms with Crippen LogP contribution in [0.25, 0.3) is 0 Å². The summed E-state index contributed by atoms with van der Waals surface area (Å²) in [6.07, 6.45) is 2.01. The molecule has 1 aliphatic heterocycles. The zero-order valence-corrected chi connectivity index (χ0v) is 12.7. The van der Waals surface area contributed by atoms with Crippen LogP contribution in [0.1, 0.15) is 34.6 Å². The molecule has 0 bridgehead atoms. The maximum Gasteiger partial charge on any atom is 0.287 e. The quantitative estimate of drug-likeness (QED) is 0.945. The van der Waals surface area contributed by atoms with Gasteiger partial charge in [-0.05, 0) is 48.7 Å². The van der Waals surface area contributed by atoms with Crippen molar-refractivity contribution in [3.05, 3.63) is 59.3 Å². The van der Waals surface area contributed by atoms with Crippen LogP contribution in [0, 0.1) is 5.82 Å². The molecule has 0 saturated heterocycles. The van der Waals surface area contributed by atoms with E-state index in [1.807, 2.05) is 6.92 Å². The molecule has 3 rings (SSSR count). The Morgan fingerprint density at radius 3 is 2.96 bits per heavy atom. The number of hydrogen-bond donors (Lipinski definition) is 1. The van der Waals surface area contributed by atoms with E-state index in [1.54, 1.807) is 17.0 Å². The molecule has 2 heterocycles. The fourth-order valence-electron chi connectivity index (χ4n) is 2.89. The fourth-order valence-corrected chi connectivity index (χ4v) is 2.89. The lowest BCUT2D eigenvalue weighted by molar-refractivity contribution is -0.132. The van der Waals surface area contributed by atoms with Crippen molar-refractivity contribution in [1.29, 1.82) is 0 Å². The van der Waals surface area contributed by atoms with Crippen LogP contribution >= 0.6 is 0 Å². The van der Waals surface area contributed by atoms with Crippen LogP contribution in [-0.4, -0.2) is 29.8 Å². The minimum absolute atomic E-state index is 0.0968. The average molecular weight is 316 g/mol. The van der Waals surface area contributed by atoms with Crippen LogP contribution in [0.5, 0.6) is 0 Å². The number of benzene rings is 1. The number of fused-ring (bicyclic) bond motifs is 1. The summed E-state index contributed by atoms with van der Waals surface area (Å²) >= 11 is 0. The second kappa shape index (κ2) is 6.24. The lowest BCUT2D eigenvalue weighted by Crippen LogP contribution is -2.44. The number of furan rings is 1. The van der Waals surface area contributed by atoms with E-state index in [0.717, 1.165) is 11.1 Å². The maximum atomic E-state index is 13.3. The number of halogens is 1. The highest BCUT2D eigenvalue weighted by atomic mass is 19.1. The average Bonchev–Trinajstić information content (AvgIpc) is 3.07. The van der Waals surface area contributed by atoms with Crippen molar-refractivity contribution in [2.75, 3.05) is 13.1 Å². The van der Waals surface area contributed by atoms with E-state index in [2.05, 4.69) is 5.32 Å². The number of nitrogens with zero attached hydrogens (tertiary/aromatic N) is 1. The van der Waals surface area contributed by atoms with Gasteiger partial charge in [-0.25, -0.2) is 4.39 Å². The van der Waals surface area contributed by atoms with Crippen LogP contribution in [0.2, 0.25) is 0 Å². The molecule has 1 atom stereocenters. The summed E-state index contributed by atoms with van der Waals surface area (Å²) in [4.78, 5) is 25.9. The summed E-state index contributed by atoms with van der Waals surface area (Å²) in [7, 11) is 0. The summed E-state index contributed by atoms with van der Waals surface area (Å²) in [5.41, 5.74) is 1.88. The van der Waals surface area contributed by atoms with Gasteiger partial charge in [0, 0.05) is 6.54 Å². The van der Waals surface area contributed by atoms with E-state index in [9.17, 15) is 14.0 Å². The SMILES string of the molecule is C[C@@H]1c2ccc(F)cc2CCN1C(=O)CNC(=O)c1ccco1. The molecular weight excluding hydrogens is 299 g/mol. The van der Waals surface area contributed by atoms with Crippen molar-refractivity contribution < 1.29 is 18.4 Å². The molecule has 0 radical (unpaired) electrons. The number of nitrogens with one attached hydrogen (secondary N) is 1. The molecule has 5 nitrogen and oxygen atoms in total. The molecule has 0 saturated carbocycles. The number of rotatable bonds is 3. The Hall–Kier alpha value is -2.63. The largest absolute Gasteiger partial charge is 0.459 e. The predicted octanol–water partition coefficient (Wildman–Crippen LogP) is 2.29. The van der Waals surface area contributed by atoms with E-state index in [4.69, 9.17) is 4.42 Å². The third-order valence-corrected chi connectivity index (χ3v) is 4.11. The van der Waals surface area contributed by atoms with Gasteiger partial charge in [-0.1, -0.05) is 6.07 Å². The molecule has 2 amide bonds. The van der Waals surface area contributed by atoms with Gasteiger partial charge in [0.2, 0.25) is 5.91 Å². The highest BCUT2D eigenvalue weighted by Gasteiger charge is 2.27. The number of amides is 2. The van der Waals surface area contributed by atoms with Crippen molar-refractivity contribution in [2.45, 2.75) is 19.4 Å². The Morgan fingerprint density at radius 2 is 2.22 bits per heavy atom. The first-order chi connectivity index (χ1) is 11.1. The van der Waals surface area contributed by atoms with Crippen molar-refractivity contribution in [3.8, 4) is 0 Å². The minimum atomic E-state index is -0.421. The van der Waals surface area contributed by atoms with Gasteiger partial charge in [-0.2, -0.15) is 0 Å². The lowest BCUT2D eigenvalue weighted by atomic mass is 9.93. The smallest absolute Gasteiger partial charge is 0.287 e. The Kier molecular flexibility index (Phi) is 4.14. The molecule has 6 heteroatoms. The third kappa shape index (κ3) is 3.11. The number of carbonyl (C=O) groups is 2. The number of hydrogen-bond acceptors (Lipinski definition) is 3. The lowest BCUT2D eigenvalue weighted by Gasteiger charge is -2.35. The standard InChI is InChI=1S/C17H17FN2O3/c1-11-14-5-4-13(18)9-12(14)6-7-20(11)16(21)10-19-17(22)15-3-2-8-23-15/h2-5,8-9,11H,6-7,10H2,1H3,(H,19,22)/t11-/m1/s1. The highest BCUT2D eigenvalue weighted by molar-refractivity contribution is 5.94. The van der Waals surface area contributed by atoms with Gasteiger partial charge in [0.25, 0.3) is 5.91 Å². The van der Waals surface area contributed by atoms with Crippen LogP contribution in [0.4, 0.5) is 4.39 Å². The van der Waals surface area contributed by atoms with Crippen LogP contribution in [0.3, 0.4) is 0 Å². The summed E-state index contributed by atoms with van der Waals surface area (Å²) in [5.74, 6) is -0.686. The van der Waals surface area contributed by atoms with Crippen molar-refractivity contribution >= 4 is 11.8 Å². The summed E-state index contributed by atoms with van der Waals surface area (Å²) in [6, 6.07) is 7.64. The molecule has 0 aliphatic carbocycles. The molecule has 1 aliphatic rings. The summed E-state index contributed by atoms with van der Waals surface area (Å²) in [5, 5.41) is 2.55. The van der Waals surface area contributed by atoms with E-state index < -0.39 is 5.91 Å². The van der Waals surface area contributed by atoms with Gasteiger partial charge in [0.05, 0.1) is 18.8 Å². The van der Waals surface area contributed by atoms with Crippen LogP contribution in [-0.2, 0) is 11.2 Å².